The first kappa shape index (κ1) is 15.6. The van der Waals surface area contributed by atoms with E-state index in [4.69, 9.17) is 0 Å². The molecular formula is C14H18F3N3O. The third kappa shape index (κ3) is 4.93. The number of carbonyl (C=O) groups excluding carboxylic acids is 1. The number of carbonyl (C=O) groups is 1. The number of alkyl halides is 3. The van der Waals surface area contributed by atoms with Crippen LogP contribution in [0.3, 0.4) is 0 Å². The third-order valence-corrected chi connectivity index (χ3v) is 3.38. The number of halogens is 3. The molecule has 7 heteroatoms. The molecule has 2 rings (SSSR count). The van der Waals surface area contributed by atoms with Gasteiger partial charge < -0.3 is 15.5 Å². The zero-order valence-corrected chi connectivity index (χ0v) is 11.5. The summed E-state index contributed by atoms with van der Waals surface area (Å²) in [4.78, 5) is 13.9. The lowest BCUT2D eigenvalue weighted by atomic mass is 10.2. The Morgan fingerprint density at radius 2 is 1.76 bits per heavy atom. The van der Waals surface area contributed by atoms with Crippen LogP contribution >= 0.6 is 0 Å². The molecule has 21 heavy (non-hydrogen) atoms. The molecule has 0 aliphatic carbocycles. The van der Waals surface area contributed by atoms with Gasteiger partial charge in [-0.25, -0.2) is 4.79 Å². The predicted molar refractivity (Wildman–Crippen MR) is 74.1 cm³/mol. The lowest BCUT2D eigenvalue weighted by Gasteiger charge is -2.15. The Labute approximate surface area is 121 Å². The van der Waals surface area contributed by atoms with Gasteiger partial charge in [0.25, 0.3) is 0 Å². The summed E-state index contributed by atoms with van der Waals surface area (Å²) < 4.78 is 37.2. The molecule has 0 spiro atoms. The summed E-state index contributed by atoms with van der Waals surface area (Å²) in [6.45, 7) is 3.43. The summed E-state index contributed by atoms with van der Waals surface area (Å²) >= 11 is 0. The van der Waals surface area contributed by atoms with Crippen LogP contribution in [0.1, 0.15) is 18.4 Å². The van der Waals surface area contributed by atoms with Gasteiger partial charge in [-0.05, 0) is 50.2 Å². The van der Waals surface area contributed by atoms with Crippen molar-refractivity contribution in [1.82, 2.24) is 10.2 Å². The average Bonchev–Trinajstić information content (AvgIpc) is 2.91. The van der Waals surface area contributed by atoms with E-state index in [0.29, 0.717) is 12.2 Å². The fourth-order valence-electron chi connectivity index (χ4n) is 2.25. The van der Waals surface area contributed by atoms with Gasteiger partial charge in [0.05, 0.1) is 5.56 Å². The maximum atomic E-state index is 12.4. The smallest absolute Gasteiger partial charge is 0.337 e. The largest absolute Gasteiger partial charge is 0.416 e. The van der Waals surface area contributed by atoms with Crippen molar-refractivity contribution < 1.29 is 18.0 Å². The molecule has 1 aliphatic rings. The zero-order chi connectivity index (χ0) is 15.3. The molecule has 0 unspecified atom stereocenters. The van der Waals surface area contributed by atoms with Gasteiger partial charge in [-0.2, -0.15) is 13.2 Å². The number of nitrogens with zero attached hydrogens (tertiary/aromatic N) is 1. The van der Waals surface area contributed by atoms with Crippen LogP contribution in [0, 0.1) is 0 Å². The van der Waals surface area contributed by atoms with Crippen molar-refractivity contribution in [3.8, 4) is 0 Å². The topological polar surface area (TPSA) is 44.4 Å². The van der Waals surface area contributed by atoms with Crippen molar-refractivity contribution in [3.05, 3.63) is 29.8 Å². The Kier molecular flexibility index (Phi) is 5.06. The SMILES string of the molecule is O=C(NCCN1CCCC1)Nc1ccc(C(F)(F)F)cc1. The first-order valence-corrected chi connectivity index (χ1v) is 6.89. The van der Waals surface area contributed by atoms with Gasteiger partial charge in [-0.1, -0.05) is 0 Å². The molecule has 1 aliphatic heterocycles. The number of amides is 2. The van der Waals surface area contributed by atoms with Crippen molar-refractivity contribution in [3.63, 3.8) is 0 Å². The van der Waals surface area contributed by atoms with E-state index in [0.717, 1.165) is 31.8 Å². The van der Waals surface area contributed by atoms with E-state index in [1.165, 1.54) is 25.0 Å². The molecule has 1 aromatic rings. The van der Waals surface area contributed by atoms with Crippen molar-refractivity contribution >= 4 is 11.7 Å². The Hall–Kier alpha value is -1.76. The highest BCUT2D eigenvalue weighted by Gasteiger charge is 2.29. The molecule has 4 nitrogen and oxygen atoms in total. The summed E-state index contributed by atoms with van der Waals surface area (Å²) in [5.41, 5.74) is -0.399. The van der Waals surface area contributed by atoms with Crippen molar-refractivity contribution in [2.24, 2.45) is 0 Å². The highest BCUT2D eigenvalue weighted by atomic mass is 19.4. The summed E-state index contributed by atoms with van der Waals surface area (Å²) in [5, 5.41) is 5.20. The van der Waals surface area contributed by atoms with Crippen molar-refractivity contribution in [1.29, 1.82) is 0 Å². The third-order valence-electron chi connectivity index (χ3n) is 3.38. The molecule has 116 valence electrons. The van der Waals surface area contributed by atoms with Gasteiger partial charge in [0.2, 0.25) is 0 Å². The van der Waals surface area contributed by atoms with E-state index in [2.05, 4.69) is 15.5 Å². The first-order valence-electron chi connectivity index (χ1n) is 6.89. The highest BCUT2D eigenvalue weighted by Crippen LogP contribution is 2.29. The Bertz CT molecular complexity index is 467. The Balaban J connectivity index is 1.74. The minimum atomic E-state index is -4.36. The fourth-order valence-corrected chi connectivity index (χ4v) is 2.25. The molecular weight excluding hydrogens is 283 g/mol. The van der Waals surface area contributed by atoms with Gasteiger partial charge in [-0.15, -0.1) is 0 Å². The molecule has 0 radical (unpaired) electrons. The monoisotopic (exact) mass is 301 g/mol. The molecule has 1 aromatic carbocycles. The molecule has 0 aromatic heterocycles. The fraction of sp³-hybridized carbons (Fsp3) is 0.500. The number of likely N-dealkylation sites (tertiary alicyclic amines) is 1. The first-order chi connectivity index (χ1) is 9.95. The van der Waals surface area contributed by atoms with E-state index >= 15 is 0 Å². The molecule has 2 amide bonds. The van der Waals surface area contributed by atoms with Crippen molar-refractivity contribution in [2.45, 2.75) is 19.0 Å². The second-order valence-corrected chi connectivity index (χ2v) is 5.00. The van der Waals surface area contributed by atoms with Crippen LogP contribution in [0.5, 0.6) is 0 Å². The van der Waals surface area contributed by atoms with E-state index in [-0.39, 0.29) is 0 Å². The normalized spacial score (nSPS) is 16.0. The molecule has 1 saturated heterocycles. The summed E-state index contributed by atoms with van der Waals surface area (Å²) in [7, 11) is 0. The standard InChI is InChI=1S/C14H18F3N3O/c15-14(16,17)11-3-5-12(6-4-11)19-13(21)18-7-10-20-8-1-2-9-20/h3-6H,1-2,7-10H2,(H2,18,19,21). The number of benzene rings is 1. The lowest BCUT2D eigenvalue weighted by Crippen LogP contribution is -2.35. The average molecular weight is 301 g/mol. The van der Waals surface area contributed by atoms with Gasteiger partial charge >= 0.3 is 12.2 Å². The van der Waals surface area contributed by atoms with Gasteiger partial charge in [0.15, 0.2) is 0 Å². The molecule has 0 saturated carbocycles. The second-order valence-electron chi connectivity index (χ2n) is 5.00. The minimum absolute atomic E-state index is 0.335. The minimum Gasteiger partial charge on any atom is -0.337 e. The number of hydrogen-bond acceptors (Lipinski definition) is 2. The molecule has 0 bridgehead atoms. The van der Waals surface area contributed by atoms with Crippen LogP contribution in [-0.2, 0) is 6.18 Å². The quantitative estimate of drug-likeness (QED) is 0.898. The maximum Gasteiger partial charge on any atom is 0.416 e. The zero-order valence-electron chi connectivity index (χ0n) is 11.5. The molecule has 0 atom stereocenters. The van der Waals surface area contributed by atoms with Crippen LogP contribution in [0.15, 0.2) is 24.3 Å². The van der Waals surface area contributed by atoms with Gasteiger partial charge in [-0.3, -0.25) is 0 Å². The van der Waals surface area contributed by atoms with Gasteiger partial charge in [0, 0.05) is 18.8 Å². The summed E-state index contributed by atoms with van der Waals surface area (Å²) in [6, 6.07) is 3.96. The van der Waals surface area contributed by atoms with E-state index in [1.54, 1.807) is 0 Å². The van der Waals surface area contributed by atoms with Crippen LogP contribution in [0.2, 0.25) is 0 Å². The Morgan fingerprint density at radius 3 is 2.33 bits per heavy atom. The number of hydrogen-bond donors (Lipinski definition) is 2. The van der Waals surface area contributed by atoms with E-state index in [1.807, 2.05) is 0 Å². The van der Waals surface area contributed by atoms with Crippen molar-refractivity contribution in [2.75, 3.05) is 31.5 Å². The van der Waals surface area contributed by atoms with Crippen LogP contribution in [-0.4, -0.2) is 37.1 Å². The van der Waals surface area contributed by atoms with Crippen LogP contribution in [0.4, 0.5) is 23.7 Å². The van der Waals surface area contributed by atoms with Gasteiger partial charge in [0.1, 0.15) is 0 Å². The molecule has 1 heterocycles. The number of anilines is 1. The van der Waals surface area contributed by atoms with E-state index in [9.17, 15) is 18.0 Å². The molecule has 2 N–H and O–H groups in total. The maximum absolute atomic E-state index is 12.4. The lowest BCUT2D eigenvalue weighted by molar-refractivity contribution is -0.137. The highest BCUT2D eigenvalue weighted by molar-refractivity contribution is 5.89. The number of nitrogens with one attached hydrogen (secondary N) is 2. The van der Waals surface area contributed by atoms with Crippen LogP contribution in [0.25, 0.3) is 0 Å². The predicted octanol–water partition coefficient (Wildman–Crippen LogP) is 2.92. The molecule has 1 fully saturated rings. The number of urea groups is 1. The summed E-state index contributed by atoms with van der Waals surface area (Å²) in [6.07, 6.45) is -1.98. The Morgan fingerprint density at radius 1 is 1.14 bits per heavy atom. The van der Waals surface area contributed by atoms with Crippen LogP contribution < -0.4 is 10.6 Å². The van der Waals surface area contributed by atoms with E-state index < -0.39 is 17.8 Å². The number of rotatable bonds is 4. The summed E-state index contributed by atoms with van der Waals surface area (Å²) in [5.74, 6) is 0. The second kappa shape index (κ2) is 6.80.